The maximum Gasteiger partial charge on any atom is 0.0334 e. The molecule has 1 N–H and O–H groups in total. The van der Waals surface area contributed by atoms with E-state index in [1.54, 1.807) is 11.8 Å². The standard InChI is InChI=1S/C12H16ClNS/c1-3-14-8-11-4-6-12(7-5-11)15-9-10(2)13/h4-7,14H,2-3,8-9H2,1H3. The summed E-state index contributed by atoms with van der Waals surface area (Å²) in [5.74, 6) is 0.772. The molecule has 15 heavy (non-hydrogen) atoms. The van der Waals surface area contributed by atoms with Crippen molar-refractivity contribution >= 4 is 23.4 Å². The minimum absolute atomic E-state index is 0.691. The highest BCUT2D eigenvalue weighted by Gasteiger charge is 1.96. The third-order valence-electron chi connectivity index (χ3n) is 1.90. The van der Waals surface area contributed by atoms with Gasteiger partial charge in [-0.15, -0.1) is 11.8 Å². The van der Waals surface area contributed by atoms with Crippen LogP contribution in [0.25, 0.3) is 0 Å². The average Bonchev–Trinajstić information content (AvgIpc) is 2.25. The van der Waals surface area contributed by atoms with Crippen LogP contribution in [0.15, 0.2) is 40.8 Å². The van der Waals surface area contributed by atoms with Gasteiger partial charge in [-0.25, -0.2) is 0 Å². The maximum absolute atomic E-state index is 5.70. The molecule has 0 bridgehead atoms. The van der Waals surface area contributed by atoms with E-state index < -0.39 is 0 Å². The molecule has 0 radical (unpaired) electrons. The molecule has 0 aliphatic carbocycles. The number of halogens is 1. The number of benzene rings is 1. The molecular weight excluding hydrogens is 226 g/mol. The summed E-state index contributed by atoms with van der Waals surface area (Å²) >= 11 is 7.41. The molecule has 0 saturated heterocycles. The van der Waals surface area contributed by atoms with Crippen LogP contribution in [0.3, 0.4) is 0 Å². The van der Waals surface area contributed by atoms with Crippen LogP contribution in [-0.4, -0.2) is 12.3 Å². The van der Waals surface area contributed by atoms with Gasteiger partial charge in [-0.2, -0.15) is 0 Å². The first-order valence-electron chi connectivity index (χ1n) is 4.98. The van der Waals surface area contributed by atoms with Crippen molar-refractivity contribution in [2.24, 2.45) is 0 Å². The van der Waals surface area contributed by atoms with Gasteiger partial charge < -0.3 is 5.32 Å². The zero-order valence-electron chi connectivity index (χ0n) is 8.92. The molecule has 1 aromatic carbocycles. The zero-order valence-corrected chi connectivity index (χ0v) is 10.5. The number of hydrogen-bond donors (Lipinski definition) is 1. The summed E-state index contributed by atoms with van der Waals surface area (Å²) in [7, 11) is 0. The molecule has 0 saturated carbocycles. The molecule has 0 aliphatic heterocycles. The first-order valence-corrected chi connectivity index (χ1v) is 6.34. The normalized spacial score (nSPS) is 10.3. The van der Waals surface area contributed by atoms with Crippen LogP contribution in [0, 0.1) is 0 Å². The van der Waals surface area contributed by atoms with Gasteiger partial charge in [0.1, 0.15) is 0 Å². The fourth-order valence-corrected chi connectivity index (χ4v) is 1.95. The molecular formula is C12H16ClNS. The summed E-state index contributed by atoms with van der Waals surface area (Å²) in [6.45, 7) is 7.71. The minimum Gasteiger partial charge on any atom is -0.313 e. The smallest absolute Gasteiger partial charge is 0.0334 e. The van der Waals surface area contributed by atoms with E-state index >= 15 is 0 Å². The fraction of sp³-hybridized carbons (Fsp3) is 0.333. The van der Waals surface area contributed by atoms with Crippen molar-refractivity contribution in [3.8, 4) is 0 Å². The molecule has 1 aromatic rings. The monoisotopic (exact) mass is 241 g/mol. The van der Waals surface area contributed by atoms with E-state index in [1.165, 1.54) is 10.5 Å². The predicted octanol–water partition coefficient (Wildman–Crippen LogP) is 3.64. The topological polar surface area (TPSA) is 12.0 Å². The first-order chi connectivity index (χ1) is 7.22. The molecule has 0 aromatic heterocycles. The van der Waals surface area contributed by atoms with Gasteiger partial charge in [0.2, 0.25) is 0 Å². The van der Waals surface area contributed by atoms with Gasteiger partial charge in [-0.3, -0.25) is 0 Å². The van der Waals surface area contributed by atoms with Crippen molar-refractivity contribution in [3.63, 3.8) is 0 Å². The SMILES string of the molecule is C=C(Cl)CSc1ccc(CNCC)cc1. The Morgan fingerprint density at radius 1 is 1.40 bits per heavy atom. The molecule has 0 heterocycles. The van der Waals surface area contributed by atoms with Crippen molar-refractivity contribution in [3.05, 3.63) is 41.4 Å². The van der Waals surface area contributed by atoms with Gasteiger partial charge >= 0.3 is 0 Å². The van der Waals surface area contributed by atoms with Crippen molar-refractivity contribution in [1.82, 2.24) is 5.32 Å². The molecule has 0 aliphatic rings. The second-order valence-electron chi connectivity index (χ2n) is 3.23. The quantitative estimate of drug-likeness (QED) is 0.764. The summed E-state index contributed by atoms with van der Waals surface area (Å²) in [6.07, 6.45) is 0. The van der Waals surface area contributed by atoms with Crippen LogP contribution in [-0.2, 0) is 6.54 Å². The van der Waals surface area contributed by atoms with Crippen LogP contribution < -0.4 is 5.32 Å². The van der Waals surface area contributed by atoms with Gasteiger partial charge in [0.05, 0.1) is 0 Å². The average molecular weight is 242 g/mol. The van der Waals surface area contributed by atoms with E-state index in [4.69, 9.17) is 11.6 Å². The van der Waals surface area contributed by atoms with E-state index in [0.29, 0.717) is 5.03 Å². The third-order valence-corrected chi connectivity index (χ3v) is 3.29. The van der Waals surface area contributed by atoms with Gasteiger partial charge in [0.25, 0.3) is 0 Å². The summed E-state index contributed by atoms with van der Waals surface area (Å²) < 4.78 is 0. The van der Waals surface area contributed by atoms with Crippen LogP contribution >= 0.6 is 23.4 Å². The Labute approximate surface area is 101 Å². The van der Waals surface area contributed by atoms with Crippen molar-refractivity contribution in [2.45, 2.75) is 18.4 Å². The largest absolute Gasteiger partial charge is 0.313 e. The minimum atomic E-state index is 0.691. The number of thioether (sulfide) groups is 1. The summed E-state index contributed by atoms with van der Waals surface area (Å²) in [6, 6.07) is 8.53. The highest BCUT2D eigenvalue weighted by Crippen LogP contribution is 2.21. The Morgan fingerprint density at radius 3 is 2.60 bits per heavy atom. The van der Waals surface area contributed by atoms with Crippen LogP contribution in [0.1, 0.15) is 12.5 Å². The van der Waals surface area contributed by atoms with E-state index in [9.17, 15) is 0 Å². The van der Waals surface area contributed by atoms with Crippen molar-refractivity contribution in [2.75, 3.05) is 12.3 Å². The lowest BCUT2D eigenvalue weighted by Gasteiger charge is -2.04. The molecule has 82 valence electrons. The second-order valence-corrected chi connectivity index (χ2v) is 4.81. The lowest BCUT2D eigenvalue weighted by atomic mass is 10.2. The Balaban J connectivity index is 2.45. The zero-order chi connectivity index (χ0) is 11.1. The summed E-state index contributed by atoms with van der Waals surface area (Å²) in [4.78, 5) is 1.23. The van der Waals surface area contributed by atoms with E-state index in [0.717, 1.165) is 18.8 Å². The van der Waals surface area contributed by atoms with E-state index in [2.05, 4.69) is 43.1 Å². The fourth-order valence-electron chi connectivity index (χ4n) is 1.13. The molecule has 0 atom stereocenters. The molecule has 0 fully saturated rings. The van der Waals surface area contributed by atoms with E-state index in [1.807, 2.05) is 0 Å². The Bertz CT molecular complexity index is 308. The predicted molar refractivity (Wildman–Crippen MR) is 69.5 cm³/mol. The molecule has 1 nitrogen and oxygen atoms in total. The molecule has 1 rings (SSSR count). The highest BCUT2D eigenvalue weighted by molar-refractivity contribution is 7.99. The van der Waals surface area contributed by atoms with Crippen LogP contribution in [0.2, 0.25) is 0 Å². The summed E-state index contributed by atoms with van der Waals surface area (Å²) in [5, 5.41) is 3.98. The van der Waals surface area contributed by atoms with E-state index in [-0.39, 0.29) is 0 Å². The third kappa shape index (κ3) is 5.26. The van der Waals surface area contributed by atoms with Crippen molar-refractivity contribution in [1.29, 1.82) is 0 Å². The maximum atomic E-state index is 5.70. The highest BCUT2D eigenvalue weighted by atomic mass is 35.5. The van der Waals surface area contributed by atoms with Crippen LogP contribution in [0.4, 0.5) is 0 Å². The Kier molecular flexibility index (Phi) is 5.84. The number of rotatable bonds is 6. The lowest BCUT2D eigenvalue weighted by molar-refractivity contribution is 0.726. The lowest BCUT2D eigenvalue weighted by Crippen LogP contribution is -2.11. The van der Waals surface area contributed by atoms with Gasteiger partial charge in [0, 0.05) is 22.2 Å². The van der Waals surface area contributed by atoms with Gasteiger partial charge in [-0.1, -0.05) is 37.2 Å². The molecule has 0 spiro atoms. The Hall–Kier alpha value is -0.440. The molecule has 0 amide bonds. The summed E-state index contributed by atoms with van der Waals surface area (Å²) in [5.41, 5.74) is 1.31. The first kappa shape index (κ1) is 12.6. The second kappa shape index (κ2) is 6.94. The Morgan fingerprint density at radius 2 is 2.07 bits per heavy atom. The van der Waals surface area contributed by atoms with Crippen molar-refractivity contribution < 1.29 is 0 Å². The molecule has 0 unspecified atom stereocenters. The number of hydrogen-bond acceptors (Lipinski definition) is 2. The number of nitrogens with one attached hydrogen (secondary N) is 1. The van der Waals surface area contributed by atoms with Gasteiger partial charge in [-0.05, 0) is 24.2 Å². The molecule has 3 heteroatoms. The van der Waals surface area contributed by atoms with Crippen LogP contribution in [0.5, 0.6) is 0 Å². The van der Waals surface area contributed by atoms with Gasteiger partial charge in [0.15, 0.2) is 0 Å².